The molecule has 21 heavy (non-hydrogen) atoms. The number of nitrogens with zero attached hydrogens (tertiary/aromatic N) is 6. The van der Waals surface area contributed by atoms with Crippen LogP contribution in [0.25, 0.3) is 15.5 Å². The Labute approximate surface area is 124 Å². The van der Waals surface area contributed by atoms with Crippen LogP contribution in [0.15, 0.2) is 6.20 Å². The van der Waals surface area contributed by atoms with Crippen molar-refractivity contribution in [2.75, 3.05) is 18.9 Å². The molecule has 0 amide bonds. The van der Waals surface area contributed by atoms with E-state index in [9.17, 15) is 0 Å². The van der Waals surface area contributed by atoms with Crippen LogP contribution >= 0.6 is 11.3 Å². The van der Waals surface area contributed by atoms with Crippen molar-refractivity contribution in [3.63, 3.8) is 0 Å². The van der Waals surface area contributed by atoms with Crippen LogP contribution in [0.1, 0.15) is 24.6 Å². The Morgan fingerprint density at radius 2 is 2.14 bits per heavy atom. The normalized spacial score (nSPS) is 16.8. The number of fused-ring (bicyclic) bond motifs is 1. The van der Waals surface area contributed by atoms with Crippen LogP contribution in [-0.4, -0.2) is 42.8 Å². The molecule has 3 aromatic heterocycles. The number of hydrogen-bond acceptors (Lipinski definition) is 7. The zero-order valence-corrected chi connectivity index (χ0v) is 12.4. The molecule has 0 bridgehead atoms. The van der Waals surface area contributed by atoms with Gasteiger partial charge in [-0.3, -0.25) is 4.68 Å². The van der Waals surface area contributed by atoms with Crippen molar-refractivity contribution in [1.82, 2.24) is 29.6 Å². The van der Waals surface area contributed by atoms with E-state index in [4.69, 9.17) is 10.5 Å². The maximum atomic E-state index is 6.01. The summed E-state index contributed by atoms with van der Waals surface area (Å²) < 4.78 is 8.87. The van der Waals surface area contributed by atoms with Crippen LogP contribution in [0.5, 0.6) is 0 Å². The molecular formula is C12H15N7OS. The Morgan fingerprint density at radius 3 is 2.86 bits per heavy atom. The smallest absolute Gasteiger partial charge is 0.234 e. The minimum atomic E-state index is 0.356. The van der Waals surface area contributed by atoms with Crippen molar-refractivity contribution >= 4 is 22.1 Å². The first-order chi connectivity index (χ1) is 10.2. The van der Waals surface area contributed by atoms with E-state index in [-0.39, 0.29) is 0 Å². The largest absolute Gasteiger partial charge is 0.383 e. The van der Waals surface area contributed by atoms with Gasteiger partial charge in [-0.1, -0.05) is 11.3 Å². The SMILES string of the molecule is Cn1ncc(-c2nn3c(C4CCOCC4)nnc3s2)c1N. The van der Waals surface area contributed by atoms with E-state index in [1.807, 2.05) is 11.6 Å². The van der Waals surface area contributed by atoms with Crippen LogP contribution < -0.4 is 5.73 Å². The maximum absolute atomic E-state index is 6.01. The monoisotopic (exact) mass is 305 g/mol. The lowest BCUT2D eigenvalue weighted by Crippen LogP contribution is -2.16. The molecule has 2 N–H and O–H groups in total. The summed E-state index contributed by atoms with van der Waals surface area (Å²) in [5.74, 6) is 1.88. The molecular weight excluding hydrogens is 290 g/mol. The molecule has 9 heteroatoms. The van der Waals surface area contributed by atoms with Gasteiger partial charge >= 0.3 is 0 Å². The second kappa shape index (κ2) is 4.78. The first-order valence-electron chi connectivity index (χ1n) is 6.82. The summed E-state index contributed by atoms with van der Waals surface area (Å²) in [6.07, 6.45) is 3.65. The minimum Gasteiger partial charge on any atom is -0.383 e. The highest BCUT2D eigenvalue weighted by molar-refractivity contribution is 7.19. The summed E-state index contributed by atoms with van der Waals surface area (Å²) in [5.41, 5.74) is 6.85. The van der Waals surface area contributed by atoms with E-state index in [2.05, 4.69) is 20.4 Å². The number of ether oxygens (including phenoxy) is 1. The van der Waals surface area contributed by atoms with Gasteiger partial charge in [0.15, 0.2) is 10.8 Å². The summed E-state index contributed by atoms with van der Waals surface area (Å²) in [7, 11) is 1.81. The van der Waals surface area contributed by atoms with Gasteiger partial charge in [0.05, 0.1) is 11.8 Å². The highest BCUT2D eigenvalue weighted by Crippen LogP contribution is 2.32. The Kier molecular flexibility index (Phi) is 2.89. The van der Waals surface area contributed by atoms with E-state index in [1.54, 1.807) is 10.9 Å². The van der Waals surface area contributed by atoms with Crippen LogP contribution in [0, 0.1) is 0 Å². The van der Waals surface area contributed by atoms with E-state index >= 15 is 0 Å². The summed E-state index contributed by atoms with van der Waals surface area (Å²) in [6.45, 7) is 1.54. The van der Waals surface area contributed by atoms with Crippen molar-refractivity contribution in [1.29, 1.82) is 0 Å². The van der Waals surface area contributed by atoms with Gasteiger partial charge in [-0.2, -0.15) is 14.7 Å². The van der Waals surface area contributed by atoms with Gasteiger partial charge in [0.1, 0.15) is 5.82 Å². The second-order valence-electron chi connectivity index (χ2n) is 5.11. The fraction of sp³-hybridized carbons (Fsp3) is 0.500. The first-order valence-corrected chi connectivity index (χ1v) is 7.63. The Morgan fingerprint density at radius 1 is 1.33 bits per heavy atom. The quantitative estimate of drug-likeness (QED) is 0.760. The third-order valence-corrected chi connectivity index (χ3v) is 4.75. The molecule has 3 aromatic rings. The first kappa shape index (κ1) is 12.7. The number of aromatic nitrogens is 6. The summed E-state index contributed by atoms with van der Waals surface area (Å²) in [5, 5.41) is 18.1. The fourth-order valence-corrected chi connectivity index (χ4v) is 3.43. The molecule has 4 heterocycles. The topological polar surface area (TPSA) is 96.2 Å². The summed E-state index contributed by atoms with van der Waals surface area (Å²) in [6, 6.07) is 0. The lowest BCUT2D eigenvalue weighted by atomic mass is 10.00. The second-order valence-corrected chi connectivity index (χ2v) is 6.07. The third-order valence-electron chi connectivity index (χ3n) is 3.82. The average Bonchev–Trinajstić information content (AvgIpc) is 3.15. The molecule has 0 saturated carbocycles. The average molecular weight is 305 g/mol. The molecule has 0 aromatic carbocycles. The fourth-order valence-electron chi connectivity index (χ4n) is 2.56. The number of aryl methyl sites for hydroxylation is 1. The standard InChI is InChI=1S/C12H15N7OS/c1-18-9(13)8(6-14-18)11-17-19-10(15-16-12(19)21-11)7-2-4-20-5-3-7/h6-7H,2-5,13H2,1H3. The van der Waals surface area contributed by atoms with E-state index in [0.717, 1.165) is 47.4 Å². The Hall–Kier alpha value is -2.00. The molecule has 1 aliphatic heterocycles. The van der Waals surface area contributed by atoms with Crippen molar-refractivity contribution in [3.05, 3.63) is 12.0 Å². The van der Waals surface area contributed by atoms with Gasteiger partial charge in [-0.05, 0) is 12.8 Å². The predicted octanol–water partition coefficient (Wildman–Crippen LogP) is 1.06. The zero-order chi connectivity index (χ0) is 14.4. The summed E-state index contributed by atoms with van der Waals surface area (Å²) in [4.78, 5) is 0.787. The van der Waals surface area contributed by atoms with Gasteiger partial charge in [-0.25, -0.2) is 0 Å². The molecule has 0 unspecified atom stereocenters. The predicted molar refractivity (Wildman–Crippen MR) is 78.1 cm³/mol. The van der Waals surface area contributed by atoms with Crippen LogP contribution in [0.3, 0.4) is 0 Å². The Balaban J connectivity index is 1.77. The lowest BCUT2D eigenvalue weighted by Gasteiger charge is -2.19. The van der Waals surface area contributed by atoms with Gasteiger partial charge < -0.3 is 10.5 Å². The molecule has 4 rings (SSSR count). The molecule has 0 radical (unpaired) electrons. The lowest BCUT2D eigenvalue weighted by molar-refractivity contribution is 0.0832. The molecule has 0 aliphatic carbocycles. The number of nitrogen functional groups attached to an aromatic ring is 1. The van der Waals surface area contributed by atoms with E-state index in [0.29, 0.717) is 11.7 Å². The van der Waals surface area contributed by atoms with E-state index in [1.165, 1.54) is 11.3 Å². The zero-order valence-electron chi connectivity index (χ0n) is 11.6. The highest BCUT2D eigenvalue weighted by atomic mass is 32.1. The molecule has 1 aliphatic rings. The number of rotatable bonds is 2. The Bertz CT molecular complexity index is 783. The molecule has 1 fully saturated rings. The molecule has 1 saturated heterocycles. The van der Waals surface area contributed by atoms with Crippen LogP contribution in [0.2, 0.25) is 0 Å². The number of anilines is 1. The molecule has 0 atom stereocenters. The van der Waals surface area contributed by atoms with Gasteiger partial charge in [0.2, 0.25) is 4.96 Å². The van der Waals surface area contributed by atoms with Gasteiger partial charge in [0, 0.05) is 26.2 Å². The third kappa shape index (κ3) is 2.00. The molecule has 0 spiro atoms. The number of nitrogens with two attached hydrogens (primary N) is 1. The van der Waals surface area contributed by atoms with Gasteiger partial charge in [0.25, 0.3) is 0 Å². The molecule has 8 nitrogen and oxygen atoms in total. The van der Waals surface area contributed by atoms with E-state index < -0.39 is 0 Å². The highest BCUT2D eigenvalue weighted by Gasteiger charge is 2.24. The maximum Gasteiger partial charge on any atom is 0.234 e. The van der Waals surface area contributed by atoms with Crippen LogP contribution in [-0.2, 0) is 11.8 Å². The van der Waals surface area contributed by atoms with Crippen LogP contribution in [0.4, 0.5) is 5.82 Å². The summed E-state index contributed by atoms with van der Waals surface area (Å²) >= 11 is 1.48. The van der Waals surface area contributed by atoms with Crippen molar-refractivity contribution < 1.29 is 4.74 Å². The minimum absolute atomic E-state index is 0.356. The number of hydrogen-bond donors (Lipinski definition) is 1. The van der Waals surface area contributed by atoms with Gasteiger partial charge in [-0.15, -0.1) is 10.2 Å². The van der Waals surface area contributed by atoms with Crippen molar-refractivity contribution in [2.45, 2.75) is 18.8 Å². The van der Waals surface area contributed by atoms with Crippen molar-refractivity contribution in [2.24, 2.45) is 7.05 Å². The van der Waals surface area contributed by atoms with Crippen molar-refractivity contribution in [3.8, 4) is 10.6 Å². The molecule has 110 valence electrons.